The molecule has 0 radical (unpaired) electrons. The summed E-state index contributed by atoms with van der Waals surface area (Å²) >= 11 is 1.09. The molecule has 1 saturated heterocycles. The molecule has 19 nitrogen and oxygen atoms in total. The van der Waals surface area contributed by atoms with Crippen molar-refractivity contribution < 1.29 is 55.7 Å². The number of carboxylic acid groups (broad SMARTS) is 1. The second-order valence-electron chi connectivity index (χ2n) is 20.5. The molecular weight excluding hydrogens is 933 g/mol. The van der Waals surface area contributed by atoms with Gasteiger partial charge in [-0.3, -0.25) is 38.5 Å². The highest BCUT2D eigenvalue weighted by molar-refractivity contribution is 7.09. The van der Waals surface area contributed by atoms with Crippen LogP contribution >= 0.6 is 11.3 Å². The Labute approximate surface area is 426 Å². The van der Waals surface area contributed by atoms with Crippen LogP contribution in [0.5, 0.6) is 0 Å². The van der Waals surface area contributed by atoms with Crippen molar-refractivity contribution in [1.29, 1.82) is 0 Å². The first-order valence-corrected chi connectivity index (χ1v) is 25.2. The van der Waals surface area contributed by atoms with Crippen LogP contribution in [0.25, 0.3) is 0 Å². The zero-order chi connectivity index (χ0) is 55.1. The molecule has 71 heavy (non-hydrogen) atoms. The number of hydrogen-bond donors (Lipinski definition) is 6. The van der Waals surface area contributed by atoms with E-state index in [2.05, 4.69) is 31.6 Å². The molecule has 1 aromatic carbocycles. The van der Waals surface area contributed by atoms with Gasteiger partial charge in [0.2, 0.25) is 23.6 Å². The molecule has 2 heterocycles. The monoisotopic (exact) mass is 1010 g/mol. The van der Waals surface area contributed by atoms with Crippen molar-refractivity contribution in [2.75, 3.05) is 25.9 Å². The van der Waals surface area contributed by atoms with Gasteiger partial charge in [0, 0.05) is 46.3 Å². The van der Waals surface area contributed by atoms with Crippen LogP contribution in [0.15, 0.2) is 29.6 Å². The molecule has 1 aliphatic heterocycles. The van der Waals surface area contributed by atoms with E-state index in [-0.39, 0.29) is 62.5 Å². The molecule has 1 aliphatic rings. The fraction of sp³-hybridized carbons (Fsp3) is 0.667. The van der Waals surface area contributed by atoms with Crippen LogP contribution in [0.3, 0.4) is 0 Å². The van der Waals surface area contributed by atoms with Crippen molar-refractivity contribution in [3.8, 4) is 0 Å². The molecule has 0 aliphatic carbocycles. The number of ether oxygens (including phenoxy) is 2. The van der Waals surface area contributed by atoms with Gasteiger partial charge in [-0.25, -0.2) is 9.78 Å². The smallest absolute Gasteiger partial charge is 0.408 e. The first kappa shape index (κ1) is 56.3. The molecule has 6 N–H and O–H groups in total. The third-order valence-electron chi connectivity index (χ3n) is 12.7. The highest BCUT2D eigenvalue weighted by atomic mass is 32.1. The van der Waals surface area contributed by atoms with Gasteiger partial charge in [0.25, 0.3) is 5.91 Å². The van der Waals surface area contributed by atoms with Crippen molar-refractivity contribution >= 4 is 64.6 Å². The number of thiazole rings is 1. The molecule has 0 unspecified atom stereocenters. The maximum atomic E-state index is 14.4. The van der Waals surface area contributed by atoms with E-state index >= 15 is 0 Å². The van der Waals surface area contributed by atoms with Gasteiger partial charge in [0.05, 0.1) is 11.5 Å². The van der Waals surface area contributed by atoms with E-state index in [1.165, 1.54) is 26.2 Å². The largest absolute Gasteiger partial charge is 0.481 e. The Balaban J connectivity index is 1.77. The minimum atomic E-state index is -1.20. The first-order chi connectivity index (χ1) is 34.1. The highest BCUT2D eigenvalue weighted by Gasteiger charge is 2.44. The van der Waals surface area contributed by atoms with E-state index in [0.29, 0.717) is 42.1 Å². The fourth-order valence-corrected chi connectivity index (χ4v) is 8.99. The Bertz CT molecular complexity index is 2220. The average Bonchev–Trinajstić information content (AvgIpc) is 3.99. The predicted octanol–water partition coefficient (Wildman–Crippen LogP) is 6.08. The van der Waals surface area contributed by atoms with Gasteiger partial charge in [-0.15, -0.1) is 11.3 Å². The summed E-state index contributed by atoms with van der Waals surface area (Å²) in [5.74, 6) is -5.75. The number of nitrogens with one attached hydrogen (secondary N) is 5. The van der Waals surface area contributed by atoms with Crippen molar-refractivity contribution in [2.24, 2.45) is 23.7 Å². The molecule has 0 spiro atoms. The first-order valence-electron chi connectivity index (χ1n) is 25.8. The standard InChI is InChI=1S/C51H80N8O11S/c1-16-30(6)41(56-48(67)51(13)22-17-23-58(51)14)46(64)59(15)38(28(2)3)26-39(69-33(9)60)45-55-37(27-71-45)43(62)54-36(24-31(7)47(65)66)25-34-18-20-35(21-19-34)53-42(61)32(8)52-44(63)40(29(4)5)57-49(68)70-50(10,11)12/h18-21,27-32,36,38-41H,16-17,22-26H2,1-15H3,(H,52,63)(H,53,61)(H,54,62)(H,56,67)(H,57,68)(H,65,66)/t30-,31-,32-,36+,38+,39+,40-,41-,51-/m0/s1/i13D,14D. The molecule has 0 saturated carbocycles. The summed E-state index contributed by atoms with van der Waals surface area (Å²) in [6.07, 6.45) is 0.278. The third kappa shape index (κ3) is 17.6. The van der Waals surface area contributed by atoms with Gasteiger partial charge in [-0.2, -0.15) is 0 Å². The van der Waals surface area contributed by atoms with E-state index in [0.717, 1.165) is 11.3 Å². The Hall–Kier alpha value is -5.63. The topological polar surface area (TPSA) is 255 Å². The Morgan fingerprint density at radius 1 is 0.915 bits per heavy atom. The van der Waals surface area contributed by atoms with Crippen LogP contribution in [0, 0.1) is 23.7 Å². The van der Waals surface area contributed by atoms with E-state index in [9.17, 15) is 43.5 Å². The lowest BCUT2D eigenvalue weighted by Crippen LogP contribution is -2.60. The number of amides is 6. The molecule has 3 rings (SSSR count). The molecule has 6 amide bonds. The maximum Gasteiger partial charge on any atom is 0.408 e. The minimum Gasteiger partial charge on any atom is -0.481 e. The summed E-state index contributed by atoms with van der Waals surface area (Å²) in [5, 5.41) is 25.5. The van der Waals surface area contributed by atoms with Crippen LogP contribution in [-0.2, 0) is 44.7 Å². The van der Waals surface area contributed by atoms with E-state index < -0.39 is 95.0 Å². The molecule has 0 bridgehead atoms. The number of carbonyl (C=O) groups is 8. The number of likely N-dealkylation sites (tertiary alicyclic amines) is 1. The number of likely N-dealkylation sites (N-methyl/N-ethyl adjacent to an activating group) is 2. The van der Waals surface area contributed by atoms with E-state index in [1.807, 2.05) is 27.7 Å². The van der Waals surface area contributed by atoms with Gasteiger partial charge < -0.3 is 46.1 Å². The number of benzene rings is 1. The van der Waals surface area contributed by atoms with E-state index in [1.54, 1.807) is 75.7 Å². The minimum absolute atomic E-state index is 0.00627. The summed E-state index contributed by atoms with van der Waals surface area (Å²) in [7, 11) is 1.49. The van der Waals surface area contributed by atoms with Crippen LogP contribution < -0.4 is 26.6 Å². The summed E-state index contributed by atoms with van der Waals surface area (Å²) < 4.78 is 27.3. The van der Waals surface area contributed by atoms with Crippen molar-refractivity contribution in [1.82, 2.24) is 36.1 Å². The summed E-state index contributed by atoms with van der Waals surface area (Å²) in [6.45, 7) is 20.8. The van der Waals surface area contributed by atoms with Crippen molar-refractivity contribution in [3.63, 3.8) is 0 Å². The fourth-order valence-electron chi connectivity index (χ4n) is 8.15. The third-order valence-corrected chi connectivity index (χ3v) is 13.6. The lowest BCUT2D eigenvalue weighted by atomic mass is 9.91. The predicted molar refractivity (Wildman–Crippen MR) is 271 cm³/mol. The number of nitrogens with zero attached hydrogens (tertiary/aromatic N) is 3. The lowest BCUT2D eigenvalue weighted by Gasteiger charge is -2.38. The number of alkyl carbamates (subject to hydrolysis) is 1. The average molecular weight is 1020 g/mol. The SMILES string of the molecule is [2H]CN1CCC[C@@]1(C[2H])C(=O)N[C@H](C(=O)N(C)[C@H](C[C@@H](OC(C)=O)c1nc(C(=O)N[C@@H](Cc2ccc(NC(=O)[C@H](C)NC(=O)[C@@H](NC(=O)OC(C)(C)C)C(C)C)cc2)C[C@H](C)C(=O)O)cs1)C(C)C)[C@@H](C)CC. The molecule has 20 heteroatoms. The van der Waals surface area contributed by atoms with Crippen molar-refractivity contribution in [2.45, 2.75) is 176 Å². The van der Waals surface area contributed by atoms with Gasteiger partial charge in [-0.1, -0.05) is 67.0 Å². The van der Waals surface area contributed by atoms with Crippen LogP contribution in [-0.4, -0.2) is 129 Å². The summed E-state index contributed by atoms with van der Waals surface area (Å²) in [6, 6.07) is 2.61. The second-order valence-corrected chi connectivity index (χ2v) is 21.4. The van der Waals surface area contributed by atoms with Crippen LogP contribution in [0.2, 0.25) is 0 Å². The van der Waals surface area contributed by atoms with Gasteiger partial charge in [0.1, 0.15) is 34.4 Å². The molecule has 1 aromatic heterocycles. The maximum absolute atomic E-state index is 14.4. The summed E-state index contributed by atoms with van der Waals surface area (Å²) in [4.78, 5) is 113. The Morgan fingerprint density at radius 3 is 2.13 bits per heavy atom. The Morgan fingerprint density at radius 2 is 1.58 bits per heavy atom. The number of hydrogen-bond acceptors (Lipinski definition) is 13. The number of aliphatic carboxylic acids is 1. The number of rotatable bonds is 24. The zero-order valence-electron chi connectivity index (χ0n) is 45.8. The molecule has 2 aromatic rings. The number of carbonyl (C=O) groups excluding carboxylic acids is 7. The van der Waals surface area contributed by atoms with E-state index in [4.69, 9.17) is 12.2 Å². The quantitative estimate of drug-likeness (QED) is 0.0653. The lowest BCUT2D eigenvalue weighted by molar-refractivity contribution is -0.149. The number of esters is 1. The Kier molecular flexibility index (Phi) is 20.8. The zero-order valence-corrected chi connectivity index (χ0v) is 44.6. The van der Waals surface area contributed by atoms with Gasteiger partial charge >= 0.3 is 18.0 Å². The van der Waals surface area contributed by atoms with Gasteiger partial charge in [0.15, 0.2) is 6.10 Å². The molecule has 1 fully saturated rings. The molecular formula is C51H80N8O11S. The number of carboxylic acids is 1. The molecule has 396 valence electrons. The number of aromatic nitrogens is 1. The number of anilines is 1. The highest BCUT2D eigenvalue weighted by Crippen LogP contribution is 2.32. The van der Waals surface area contributed by atoms with Crippen LogP contribution in [0.1, 0.15) is 152 Å². The van der Waals surface area contributed by atoms with Crippen LogP contribution in [0.4, 0.5) is 10.5 Å². The molecule has 9 atom stereocenters. The van der Waals surface area contributed by atoms with Crippen molar-refractivity contribution in [3.05, 3.63) is 45.9 Å². The van der Waals surface area contributed by atoms with Gasteiger partial charge in [-0.05, 0) is 109 Å². The summed E-state index contributed by atoms with van der Waals surface area (Å²) in [5.41, 5.74) is -0.848. The normalized spacial score (nSPS) is 18.8. The second kappa shape index (κ2) is 26.2.